The van der Waals surface area contributed by atoms with Gasteiger partial charge < -0.3 is 9.88 Å². The summed E-state index contributed by atoms with van der Waals surface area (Å²) < 4.78 is 2.24. The van der Waals surface area contributed by atoms with Crippen molar-refractivity contribution in [3.63, 3.8) is 0 Å². The Morgan fingerprint density at radius 3 is 2.88 bits per heavy atom. The van der Waals surface area contributed by atoms with Crippen LogP contribution in [0.5, 0.6) is 0 Å². The van der Waals surface area contributed by atoms with Crippen LogP contribution in [0.4, 0.5) is 0 Å². The van der Waals surface area contributed by atoms with E-state index in [0.29, 0.717) is 5.92 Å². The standard InChI is InChI=1S/C14H20N2S/c1-12(2)7-15-8-13-3-5-16(9-13)10-14-4-6-17-11-14/h3-6,9,11-12,15H,7-8,10H2,1-2H3. The highest BCUT2D eigenvalue weighted by Gasteiger charge is 1.99. The molecule has 0 saturated heterocycles. The lowest BCUT2D eigenvalue weighted by atomic mass is 10.2. The van der Waals surface area contributed by atoms with E-state index in [9.17, 15) is 0 Å². The third-order valence-corrected chi connectivity index (χ3v) is 3.37. The Hall–Kier alpha value is -1.06. The molecule has 0 bridgehead atoms. The van der Waals surface area contributed by atoms with E-state index >= 15 is 0 Å². The summed E-state index contributed by atoms with van der Waals surface area (Å²) in [4.78, 5) is 0. The number of aromatic nitrogens is 1. The van der Waals surface area contributed by atoms with Gasteiger partial charge in [0, 0.05) is 25.5 Å². The molecule has 2 aromatic rings. The molecule has 0 saturated carbocycles. The Morgan fingerprint density at radius 2 is 2.18 bits per heavy atom. The van der Waals surface area contributed by atoms with Crippen LogP contribution in [0.25, 0.3) is 0 Å². The van der Waals surface area contributed by atoms with Gasteiger partial charge in [-0.25, -0.2) is 0 Å². The van der Waals surface area contributed by atoms with E-state index in [2.05, 4.69) is 59.0 Å². The maximum atomic E-state index is 3.46. The molecule has 2 nitrogen and oxygen atoms in total. The molecule has 0 unspecified atom stereocenters. The average Bonchev–Trinajstić information content (AvgIpc) is 2.90. The topological polar surface area (TPSA) is 17.0 Å². The van der Waals surface area contributed by atoms with Crippen molar-refractivity contribution in [2.45, 2.75) is 26.9 Å². The highest BCUT2D eigenvalue weighted by molar-refractivity contribution is 7.07. The molecule has 1 N–H and O–H groups in total. The van der Waals surface area contributed by atoms with Gasteiger partial charge in [0.15, 0.2) is 0 Å². The zero-order valence-corrected chi connectivity index (χ0v) is 11.3. The fraction of sp³-hybridized carbons (Fsp3) is 0.429. The van der Waals surface area contributed by atoms with Gasteiger partial charge in [-0.2, -0.15) is 11.3 Å². The van der Waals surface area contributed by atoms with Gasteiger partial charge in [-0.05, 0) is 46.5 Å². The molecule has 0 atom stereocenters. The number of thiophene rings is 1. The summed E-state index contributed by atoms with van der Waals surface area (Å²) in [5.41, 5.74) is 2.74. The summed E-state index contributed by atoms with van der Waals surface area (Å²) in [5, 5.41) is 7.80. The first-order chi connectivity index (χ1) is 8.24. The fourth-order valence-electron chi connectivity index (χ4n) is 1.79. The largest absolute Gasteiger partial charge is 0.350 e. The number of nitrogens with one attached hydrogen (secondary N) is 1. The van der Waals surface area contributed by atoms with Gasteiger partial charge in [-0.1, -0.05) is 13.8 Å². The predicted octanol–water partition coefficient (Wildman–Crippen LogP) is 3.34. The minimum atomic E-state index is 0.711. The zero-order chi connectivity index (χ0) is 12.1. The van der Waals surface area contributed by atoms with Crippen molar-refractivity contribution < 1.29 is 0 Å². The highest BCUT2D eigenvalue weighted by Crippen LogP contribution is 2.09. The molecule has 0 aliphatic rings. The van der Waals surface area contributed by atoms with E-state index in [1.165, 1.54) is 11.1 Å². The van der Waals surface area contributed by atoms with Crippen LogP contribution in [0, 0.1) is 5.92 Å². The van der Waals surface area contributed by atoms with Crippen LogP contribution in [0.3, 0.4) is 0 Å². The molecule has 0 aromatic carbocycles. The third-order valence-electron chi connectivity index (χ3n) is 2.64. The molecule has 92 valence electrons. The van der Waals surface area contributed by atoms with Crippen molar-refractivity contribution in [1.82, 2.24) is 9.88 Å². The molecule has 0 fully saturated rings. The molecule has 3 heteroatoms. The van der Waals surface area contributed by atoms with Gasteiger partial charge in [0.2, 0.25) is 0 Å². The van der Waals surface area contributed by atoms with Crippen molar-refractivity contribution in [1.29, 1.82) is 0 Å². The lowest BCUT2D eigenvalue weighted by molar-refractivity contribution is 0.552. The molecular weight excluding hydrogens is 228 g/mol. The van der Waals surface area contributed by atoms with Gasteiger partial charge in [0.25, 0.3) is 0 Å². The molecule has 0 amide bonds. The summed E-state index contributed by atoms with van der Waals surface area (Å²) in [6.07, 6.45) is 4.38. The lowest BCUT2D eigenvalue weighted by Gasteiger charge is -2.05. The zero-order valence-electron chi connectivity index (χ0n) is 10.5. The van der Waals surface area contributed by atoms with Crippen LogP contribution in [0.1, 0.15) is 25.0 Å². The molecule has 0 aliphatic heterocycles. The van der Waals surface area contributed by atoms with Gasteiger partial charge >= 0.3 is 0 Å². The molecule has 0 radical (unpaired) electrons. The van der Waals surface area contributed by atoms with Crippen molar-refractivity contribution in [2.75, 3.05) is 6.54 Å². The average molecular weight is 248 g/mol. The van der Waals surface area contributed by atoms with Crippen molar-refractivity contribution in [2.24, 2.45) is 5.92 Å². The number of hydrogen-bond donors (Lipinski definition) is 1. The Kier molecular flexibility index (Phi) is 4.40. The second-order valence-corrected chi connectivity index (χ2v) is 5.63. The monoisotopic (exact) mass is 248 g/mol. The predicted molar refractivity (Wildman–Crippen MR) is 74.4 cm³/mol. The number of rotatable bonds is 6. The van der Waals surface area contributed by atoms with Crippen molar-refractivity contribution in [3.8, 4) is 0 Å². The van der Waals surface area contributed by atoms with Crippen LogP contribution >= 0.6 is 11.3 Å². The summed E-state index contributed by atoms with van der Waals surface area (Å²) in [6, 6.07) is 4.38. The van der Waals surface area contributed by atoms with Gasteiger partial charge in [0.05, 0.1) is 0 Å². The first-order valence-corrected chi connectivity index (χ1v) is 7.05. The van der Waals surface area contributed by atoms with Crippen LogP contribution in [-0.4, -0.2) is 11.1 Å². The van der Waals surface area contributed by atoms with E-state index in [-0.39, 0.29) is 0 Å². The molecule has 2 heterocycles. The molecule has 2 rings (SSSR count). The summed E-state index contributed by atoms with van der Waals surface area (Å²) in [5.74, 6) is 0.711. The minimum Gasteiger partial charge on any atom is -0.350 e. The third kappa shape index (κ3) is 4.02. The van der Waals surface area contributed by atoms with E-state index in [1.807, 2.05) is 0 Å². The molecular formula is C14H20N2S. The van der Waals surface area contributed by atoms with Crippen molar-refractivity contribution >= 4 is 11.3 Å². The van der Waals surface area contributed by atoms with E-state index < -0.39 is 0 Å². The Balaban J connectivity index is 1.83. The summed E-state index contributed by atoms with van der Waals surface area (Å²) >= 11 is 1.76. The lowest BCUT2D eigenvalue weighted by Crippen LogP contribution is -2.18. The van der Waals surface area contributed by atoms with Crippen LogP contribution in [0.15, 0.2) is 35.3 Å². The maximum Gasteiger partial charge on any atom is 0.0478 e. The Morgan fingerprint density at radius 1 is 1.29 bits per heavy atom. The fourth-order valence-corrected chi connectivity index (χ4v) is 2.45. The quantitative estimate of drug-likeness (QED) is 0.829. The van der Waals surface area contributed by atoms with Crippen LogP contribution < -0.4 is 5.32 Å². The molecule has 0 aliphatic carbocycles. The summed E-state index contributed by atoms with van der Waals surface area (Å²) in [6.45, 7) is 7.49. The summed E-state index contributed by atoms with van der Waals surface area (Å²) in [7, 11) is 0. The van der Waals surface area contributed by atoms with Gasteiger partial charge in [-0.15, -0.1) is 0 Å². The number of nitrogens with zero attached hydrogens (tertiary/aromatic N) is 1. The van der Waals surface area contributed by atoms with Gasteiger partial charge in [-0.3, -0.25) is 0 Å². The first-order valence-electron chi connectivity index (χ1n) is 6.10. The molecule has 2 aromatic heterocycles. The second-order valence-electron chi connectivity index (χ2n) is 4.85. The SMILES string of the molecule is CC(C)CNCc1ccn(Cc2ccsc2)c1. The van der Waals surface area contributed by atoms with Gasteiger partial charge in [0.1, 0.15) is 0 Å². The second kappa shape index (κ2) is 6.03. The van der Waals surface area contributed by atoms with Crippen LogP contribution in [-0.2, 0) is 13.1 Å². The molecule has 17 heavy (non-hydrogen) atoms. The van der Waals surface area contributed by atoms with E-state index in [1.54, 1.807) is 11.3 Å². The van der Waals surface area contributed by atoms with E-state index in [0.717, 1.165) is 19.6 Å². The normalized spacial score (nSPS) is 11.2. The first kappa shape index (κ1) is 12.4. The highest BCUT2D eigenvalue weighted by atomic mass is 32.1. The Labute approximate surface area is 107 Å². The number of hydrogen-bond acceptors (Lipinski definition) is 2. The van der Waals surface area contributed by atoms with E-state index in [4.69, 9.17) is 0 Å². The Bertz CT molecular complexity index is 429. The molecule has 0 spiro atoms. The van der Waals surface area contributed by atoms with Crippen molar-refractivity contribution in [3.05, 3.63) is 46.4 Å². The smallest absolute Gasteiger partial charge is 0.0478 e. The maximum absolute atomic E-state index is 3.46. The van der Waals surface area contributed by atoms with Crippen LogP contribution in [0.2, 0.25) is 0 Å². The minimum absolute atomic E-state index is 0.711.